The Hall–Kier alpha value is -3.13. The van der Waals surface area contributed by atoms with Gasteiger partial charge in [0.05, 0.1) is 12.9 Å². The summed E-state index contributed by atoms with van der Waals surface area (Å²) in [6, 6.07) is 11.7. The van der Waals surface area contributed by atoms with Crippen molar-refractivity contribution in [3.63, 3.8) is 0 Å². The number of furan rings is 1. The van der Waals surface area contributed by atoms with Crippen molar-refractivity contribution < 1.29 is 23.5 Å². The Balaban J connectivity index is 1.59. The number of likely N-dealkylation sites (tertiary alicyclic amines) is 1. The Morgan fingerprint density at radius 2 is 1.65 bits per heavy atom. The molecule has 8 heteroatoms. The summed E-state index contributed by atoms with van der Waals surface area (Å²) in [5, 5.41) is 0. The van der Waals surface area contributed by atoms with Crippen molar-refractivity contribution in [3.05, 3.63) is 60.1 Å². The maximum absolute atomic E-state index is 13.8. The van der Waals surface area contributed by atoms with Gasteiger partial charge in [0.15, 0.2) is 5.76 Å². The van der Waals surface area contributed by atoms with Crippen molar-refractivity contribution >= 4 is 17.7 Å². The van der Waals surface area contributed by atoms with Gasteiger partial charge in [-0.15, -0.1) is 0 Å². The second kappa shape index (κ2) is 10.4. The third-order valence-corrected chi connectivity index (χ3v) is 6.65. The summed E-state index contributed by atoms with van der Waals surface area (Å²) in [6.07, 6.45) is 4.04. The van der Waals surface area contributed by atoms with Gasteiger partial charge < -0.3 is 19.0 Å². The average molecular weight is 468 g/mol. The highest BCUT2D eigenvalue weighted by Crippen LogP contribution is 2.39. The van der Waals surface area contributed by atoms with Gasteiger partial charge in [0.2, 0.25) is 5.91 Å². The molecule has 1 aromatic carbocycles. The molecule has 0 unspecified atom stereocenters. The molecular formula is C26H33N3O5. The minimum Gasteiger partial charge on any atom is -0.459 e. The Bertz CT molecular complexity index is 977. The number of amides is 3. The zero-order valence-electron chi connectivity index (χ0n) is 19.9. The van der Waals surface area contributed by atoms with Crippen molar-refractivity contribution in [2.24, 2.45) is 0 Å². The molecule has 2 aliphatic heterocycles. The summed E-state index contributed by atoms with van der Waals surface area (Å²) in [5.74, 6) is -0.166. The number of rotatable bonds is 7. The summed E-state index contributed by atoms with van der Waals surface area (Å²) in [7, 11) is 0. The van der Waals surface area contributed by atoms with Crippen LogP contribution < -0.4 is 0 Å². The Kier molecular flexibility index (Phi) is 7.36. The first-order chi connectivity index (χ1) is 16.5. The van der Waals surface area contributed by atoms with Gasteiger partial charge in [0, 0.05) is 44.6 Å². The predicted octanol–water partition coefficient (Wildman–Crippen LogP) is 3.40. The van der Waals surface area contributed by atoms with Gasteiger partial charge in [0.25, 0.3) is 11.8 Å². The summed E-state index contributed by atoms with van der Waals surface area (Å²) in [5.41, 5.74) is -0.395. The number of carbonyl (C=O) groups excluding carboxylic acids is 3. The molecule has 2 fully saturated rings. The molecule has 4 rings (SSSR count). The summed E-state index contributed by atoms with van der Waals surface area (Å²) in [4.78, 5) is 45.3. The van der Waals surface area contributed by atoms with E-state index in [1.54, 1.807) is 34.1 Å². The number of benzene rings is 1. The molecule has 0 N–H and O–H groups in total. The highest BCUT2D eigenvalue weighted by atomic mass is 16.5. The van der Waals surface area contributed by atoms with Gasteiger partial charge >= 0.3 is 0 Å². The zero-order valence-corrected chi connectivity index (χ0v) is 19.9. The van der Waals surface area contributed by atoms with Crippen LogP contribution in [0.4, 0.5) is 0 Å². The van der Waals surface area contributed by atoms with Crippen LogP contribution in [0.1, 0.15) is 60.4 Å². The van der Waals surface area contributed by atoms with E-state index in [4.69, 9.17) is 9.15 Å². The Morgan fingerprint density at radius 1 is 0.971 bits per heavy atom. The third kappa shape index (κ3) is 4.59. The number of piperidine rings is 1. The largest absolute Gasteiger partial charge is 0.459 e. The van der Waals surface area contributed by atoms with Crippen molar-refractivity contribution in [2.45, 2.75) is 51.3 Å². The monoisotopic (exact) mass is 467 g/mol. The fraction of sp³-hybridized carbons (Fsp3) is 0.500. The minimum atomic E-state index is -0.919. The zero-order chi connectivity index (χ0) is 24.1. The lowest BCUT2D eigenvalue weighted by atomic mass is 9.96. The van der Waals surface area contributed by atoms with E-state index in [1.165, 1.54) is 6.26 Å². The Morgan fingerprint density at radius 3 is 2.24 bits per heavy atom. The normalized spacial score (nSPS) is 19.4. The van der Waals surface area contributed by atoms with E-state index in [1.807, 2.05) is 36.9 Å². The smallest absolute Gasteiger partial charge is 0.289 e. The van der Waals surface area contributed by atoms with E-state index >= 15 is 0 Å². The predicted molar refractivity (Wildman–Crippen MR) is 126 cm³/mol. The molecule has 0 bridgehead atoms. The first kappa shape index (κ1) is 24.0. The number of carbonyl (C=O) groups is 3. The minimum absolute atomic E-state index is 0.0704. The average Bonchev–Trinajstić information content (AvgIpc) is 3.53. The molecule has 3 heterocycles. The summed E-state index contributed by atoms with van der Waals surface area (Å²) < 4.78 is 11.6. The standard InChI is InChI=1S/C26H33N3O5/c1-3-14-27(15-4-2)24(31)21-19-34-26(29(21)23(30)20-9-6-5-7-10-20)12-16-28(17-13-26)25(32)22-11-8-18-33-22/h5-11,18,21H,3-4,12-17,19H2,1-2H3/t21-/m1/s1. The van der Waals surface area contributed by atoms with Crippen LogP contribution in [0.2, 0.25) is 0 Å². The van der Waals surface area contributed by atoms with Crippen LogP contribution in [0.25, 0.3) is 0 Å². The van der Waals surface area contributed by atoms with Crippen molar-refractivity contribution in [3.8, 4) is 0 Å². The molecule has 0 radical (unpaired) electrons. The van der Waals surface area contributed by atoms with Crippen molar-refractivity contribution in [1.82, 2.24) is 14.7 Å². The number of hydrogen-bond donors (Lipinski definition) is 0. The molecule has 1 spiro atoms. The molecule has 2 aromatic rings. The maximum atomic E-state index is 13.8. The molecule has 0 aliphatic carbocycles. The highest BCUT2D eigenvalue weighted by molar-refractivity contribution is 5.98. The molecule has 2 aliphatic rings. The lowest BCUT2D eigenvalue weighted by Gasteiger charge is -2.44. The number of hydrogen-bond acceptors (Lipinski definition) is 5. The molecule has 0 saturated carbocycles. The lowest BCUT2D eigenvalue weighted by Crippen LogP contribution is -2.60. The van der Waals surface area contributed by atoms with Crippen molar-refractivity contribution in [1.29, 1.82) is 0 Å². The van der Waals surface area contributed by atoms with Gasteiger partial charge in [0.1, 0.15) is 11.8 Å². The first-order valence-electron chi connectivity index (χ1n) is 12.1. The van der Waals surface area contributed by atoms with Crippen LogP contribution in [-0.4, -0.2) is 77.0 Å². The fourth-order valence-electron chi connectivity index (χ4n) is 4.97. The van der Waals surface area contributed by atoms with E-state index in [2.05, 4.69) is 0 Å². The molecule has 1 atom stereocenters. The van der Waals surface area contributed by atoms with Gasteiger partial charge in [-0.2, -0.15) is 0 Å². The SMILES string of the molecule is CCCN(CCC)C(=O)[C@H]1COC2(CCN(C(=O)c3ccco3)CC2)N1C(=O)c1ccccc1. The second-order valence-corrected chi connectivity index (χ2v) is 8.91. The molecule has 1 aromatic heterocycles. The van der Waals surface area contributed by atoms with E-state index in [-0.39, 0.29) is 24.3 Å². The highest BCUT2D eigenvalue weighted by Gasteiger charge is 2.54. The topological polar surface area (TPSA) is 83.3 Å². The van der Waals surface area contributed by atoms with Crippen molar-refractivity contribution in [2.75, 3.05) is 32.8 Å². The molecule has 8 nitrogen and oxygen atoms in total. The van der Waals surface area contributed by atoms with E-state index in [9.17, 15) is 14.4 Å². The van der Waals surface area contributed by atoms with Crippen LogP contribution in [0, 0.1) is 0 Å². The van der Waals surface area contributed by atoms with Crippen LogP contribution in [0.3, 0.4) is 0 Å². The quantitative estimate of drug-likeness (QED) is 0.623. The van der Waals surface area contributed by atoms with Gasteiger partial charge in [-0.1, -0.05) is 32.0 Å². The van der Waals surface area contributed by atoms with Crippen LogP contribution >= 0.6 is 0 Å². The molecule has 34 heavy (non-hydrogen) atoms. The van der Waals surface area contributed by atoms with Crippen LogP contribution in [-0.2, 0) is 9.53 Å². The molecule has 2 saturated heterocycles. The van der Waals surface area contributed by atoms with Gasteiger partial charge in [-0.3, -0.25) is 19.3 Å². The molecule has 3 amide bonds. The third-order valence-electron chi connectivity index (χ3n) is 6.65. The van der Waals surface area contributed by atoms with E-state index in [0.29, 0.717) is 50.3 Å². The van der Waals surface area contributed by atoms with Gasteiger partial charge in [-0.05, 0) is 37.1 Å². The Labute approximate surface area is 200 Å². The molecular weight excluding hydrogens is 434 g/mol. The number of ether oxygens (including phenoxy) is 1. The summed E-state index contributed by atoms with van der Waals surface area (Å²) >= 11 is 0. The van der Waals surface area contributed by atoms with E-state index in [0.717, 1.165) is 12.8 Å². The lowest BCUT2D eigenvalue weighted by molar-refractivity contribution is -0.137. The van der Waals surface area contributed by atoms with Crippen LogP contribution in [0.15, 0.2) is 53.1 Å². The second-order valence-electron chi connectivity index (χ2n) is 8.91. The number of nitrogens with zero attached hydrogens (tertiary/aromatic N) is 3. The molecule has 182 valence electrons. The fourth-order valence-corrected chi connectivity index (χ4v) is 4.97. The summed E-state index contributed by atoms with van der Waals surface area (Å²) in [6.45, 7) is 6.36. The van der Waals surface area contributed by atoms with E-state index < -0.39 is 11.8 Å². The van der Waals surface area contributed by atoms with Crippen LogP contribution in [0.5, 0.6) is 0 Å². The first-order valence-corrected chi connectivity index (χ1v) is 12.1. The maximum Gasteiger partial charge on any atom is 0.289 e. The van der Waals surface area contributed by atoms with Gasteiger partial charge in [-0.25, -0.2) is 0 Å².